The molecule has 2 aliphatic heterocycles. The Labute approximate surface area is 215 Å². The minimum absolute atomic E-state index is 0.0173. The summed E-state index contributed by atoms with van der Waals surface area (Å²) in [5.41, 5.74) is 1.70. The molecule has 0 fully saturated rings. The summed E-state index contributed by atoms with van der Waals surface area (Å²) in [6, 6.07) is 10.7. The summed E-state index contributed by atoms with van der Waals surface area (Å²) < 4.78 is 21.2. The number of aliphatic hydroxyl groups is 1. The molecule has 4 aromatic rings. The standard InChI is InChI=1S/C28H21FN3O6/c1-3-28(35)21-10-24-25-19(12-31(24)26(33)20(21)13-38-27(28)34)17(9-15-4-6-16(7-5-15)32(36)37)18-8-14(2)22(29)11-23(18)30-25/h4-11,35H,3,12-13H2,1-2H3/t28-/m0/s1. The summed E-state index contributed by atoms with van der Waals surface area (Å²) in [6.07, 6.45) is 1.85. The molecule has 0 spiro atoms. The van der Waals surface area contributed by atoms with Crippen LogP contribution in [0.1, 0.15) is 46.7 Å². The molecule has 0 aliphatic carbocycles. The van der Waals surface area contributed by atoms with E-state index in [0.29, 0.717) is 44.5 Å². The van der Waals surface area contributed by atoms with Gasteiger partial charge in [-0.1, -0.05) is 19.1 Å². The molecule has 1 N–H and O–H groups in total. The fraction of sp³-hybridized carbons (Fsp3) is 0.214. The summed E-state index contributed by atoms with van der Waals surface area (Å²) in [7, 11) is 0. The number of nitrogens with zero attached hydrogens (tertiary/aromatic N) is 3. The van der Waals surface area contributed by atoms with Crippen molar-refractivity contribution in [2.45, 2.75) is 39.0 Å². The van der Waals surface area contributed by atoms with Gasteiger partial charge < -0.3 is 14.4 Å². The number of hydrogen-bond acceptors (Lipinski definition) is 7. The molecule has 1 radical (unpaired) electrons. The molecule has 0 bridgehead atoms. The van der Waals surface area contributed by atoms with Crippen LogP contribution in [0.4, 0.5) is 10.1 Å². The zero-order chi connectivity index (χ0) is 26.9. The molecular weight excluding hydrogens is 493 g/mol. The minimum atomic E-state index is -1.96. The second-order valence-corrected chi connectivity index (χ2v) is 9.57. The quantitative estimate of drug-likeness (QED) is 0.218. The Balaban J connectivity index is 1.59. The summed E-state index contributed by atoms with van der Waals surface area (Å²) in [4.78, 5) is 41.3. The number of ether oxygens (including phenoxy) is 1. The second-order valence-electron chi connectivity index (χ2n) is 9.57. The Bertz CT molecular complexity index is 1760. The molecule has 0 unspecified atom stereocenters. The minimum Gasteiger partial charge on any atom is -0.458 e. The number of aromatic nitrogens is 2. The lowest BCUT2D eigenvalue weighted by Gasteiger charge is -2.31. The van der Waals surface area contributed by atoms with E-state index in [1.54, 1.807) is 38.1 Å². The highest BCUT2D eigenvalue weighted by molar-refractivity contribution is 5.91. The molecule has 0 amide bonds. The maximum Gasteiger partial charge on any atom is 0.343 e. The van der Waals surface area contributed by atoms with Gasteiger partial charge >= 0.3 is 5.97 Å². The first-order valence-corrected chi connectivity index (χ1v) is 12.0. The summed E-state index contributed by atoms with van der Waals surface area (Å²) in [5.74, 6) is -1.25. The van der Waals surface area contributed by atoms with Crippen LogP contribution in [0.3, 0.4) is 0 Å². The Hall–Kier alpha value is -4.44. The smallest absolute Gasteiger partial charge is 0.343 e. The van der Waals surface area contributed by atoms with Crippen molar-refractivity contribution in [2.75, 3.05) is 0 Å². The number of carbonyl (C=O) groups excluding carboxylic acids is 1. The number of cyclic esters (lactones) is 1. The molecule has 2 aromatic heterocycles. The highest BCUT2D eigenvalue weighted by Gasteiger charge is 2.45. The van der Waals surface area contributed by atoms with Gasteiger partial charge in [-0.15, -0.1) is 0 Å². The SMILES string of the molecule is CC[C@@]1(O)C(=O)OCc2c1cc1n(c2=O)Cc2c-1nc1cc(F)c(C)cc1c2[CH]c1ccc([N+](=O)[O-])cc1. The van der Waals surface area contributed by atoms with Crippen LogP contribution in [-0.2, 0) is 28.3 Å². The zero-order valence-electron chi connectivity index (χ0n) is 20.4. The maximum absolute atomic E-state index is 14.6. The van der Waals surface area contributed by atoms with Crippen molar-refractivity contribution < 1.29 is 24.0 Å². The van der Waals surface area contributed by atoms with Gasteiger partial charge in [-0.25, -0.2) is 14.2 Å². The molecule has 6 rings (SSSR count). The lowest BCUT2D eigenvalue weighted by Crippen LogP contribution is -2.44. The number of fused-ring (bicyclic) bond motifs is 5. The average molecular weight is 514 g/mol. The fourth-order valence-corrected chi connectivity index (χ4v) is 5.26. The topological polar surface area (TPSA) is 125 Å². The molecule has 1 atom stereocenters. The van der Waals surface area contributed by atoms with Crippen LogP contribution >= 0.6 is 0 Å². The highest BCUT2D eigenvalue weighted by Crippen LogP contribution is 2.41. The molecule has 2 aliphatic rings. The number of rotatable bonds is 4. The van der Waals surface area contributed by atoms with Gasteiger partial charge in [0, 0.05) is 41.1 Å². The van der Waals surface area contributed by atoms with Crippen LogP contribution in [0.5, 0.6) is 0 Å². The van der Waals surface area contributed by atoms with Crippen LogP contribution < -0.4 is 5.56 Å². The third-order valence-electron chi connectivity index (χ3n) is 7.43. The van der Waals surface area contributed by atoms with Crippen molar-refractivity contribution in [3.05, 3.63) is 109 Å². The van der Waals surface area contributed by atoms with Gasteiger partial charge in [0.05, 0.1) is 33.9 Å². The first-order chi connectivity index (χ1) is 18.1. The summed E-state index contributed by atoms with van der Waals surface area (Å²) in [6.45, 7) is 3.19. The zero-order valence-corrected chi connectivity index (χ0v) is 20.4. The second kappa shape index (κ2) is 8.29. The lowest BCUT2D eigenvalue weighted by atomic mass is 9.86. The van der Waals surface area contributed by atoms with Gasteiger partial charge in [0.2, 0.25) is 0 Å². The molecule has 10 heteroatoms. The number of aryl methyl sites for hydroxylation is 1. The molecule has 38 heavy (non-hydrogen) atoms. The van der Waals surface area contributed by atoms with Crippen LogP contribution in [0.25, 0.3) is 22.3 Å². The third-order valence-corrected chi connectivity index (χ3v) is 7.43. The van der Waals surface area contributed by atoms with Gasteiger partial charge in [-0.05, 0) is 42.2 Å². The van der Waals surface area contributed by atoms with Crippen LogP contribution in [0, 0.1) is 29.3 Å². The molecular formula is C28H21FN3O6. The van der Waals surface area contributed by atoms with E-state index in [0.717, 1.165) is 0 Å². The van der Waals surface area contributed by atoms with Crippen molar-refractivity contribution >= 4 is 22.6 Å². The Morgan fingerprint density at radius 3 is 2.63 bits per heavy atom. The monoisotopic (exact) mass is 514 g/mol. The van der Waals surface area contributed by atoms with Crippen LogP contribution in [0.2, 0.25) is 0 Å². The van der Waals surface area contributed by atoms with Crippen molar-refractivity contribution in [3.63, 3.8) is 0 Å². The number of halogens is 1. The van der Waals surface area contributed by atoms with Crippen LogP contribution in [-0.4, -0.2) is 25.6 Å². The Kier molecular flexibility index (Phi) is 5.22. The Morgan fingerprint density at radius 2 is 1.95 bits per heavy atom. The highest BCUT2D eigenvalue weighted by atomic mass is 19.1. The number of hydrogen-bond donors (Lipinski definition) is 1. The van der Waals surface area contributed by atoms with Crippen molar-refractivity contribution in [1.29, 1.82) is 0 Å². The van der Waals surface area contributed by atoms with E-state index >= 15 is 0 Å². The number of nitro groups is 1. The number of benzene rings is 2. The molecule has 9 nitrogen and oxygen atoms in total. The third kappa shape index (κ3) is 3.37. The molecule has 0 saturated heterocycles. The Morgan fingerprint density at radius 1 is 1.21 bits per heavy atom. The van der Waals surface area contributed by atoms with E-state index < -0.39 is 27.9 Å². The first kappa shape index (κ1) is 23.9. The van der Waals surface area contributed by atoms with Crippen molar-refractivity contribution in [2.24, 2.45) is 0 Å². The number of esters is 1. The molecule has 0 saturated carbocycles. The number of pyridine rings is 2. The molecule has 4 heterocycles. The van der Waals surface area contributed by atoms with Crippen LogP contribution in [0.15, 0.2) is 47.3 Å². The van der Waals surface area contributed by atoms with E-state index in [2.05, 4.69) is 0 Å². The van der Waals surface area contributed by atoms with Gasteiger partial charge in [-0.3, -0.25) is 14.9 Å². The summed E-state index contributed by atoms with van der Waals surface area (Å²) >= 11 is 0. The predicted molar refractivity (Wildman–Crippen MR) is 135 cm³/mol. The average Bonchev–Trinajstić information content (AvgIpc) is 3.26. The van der Waals surface area contributed by atoms with E-state index in [-0.39, 0.29) is 36.4 Å². The predicted octanol–water partition coefficient (Wildman–Crippen LogP) is 4.04. The molecule has 2 aromatic carbocycles. The number of nitro benzene ring substituents is 1. The van der Waals surface area contributed by atoms with Gasteiger partial charge in [0.15, 0.2) is 5.60 Å². The largest absolute Gasteiger partial charge is 0.458 e. The van der Waals surface area contributed by atoms with E-state index in [1.807, 2.05) is 6.42 Å². The first-order valence-electron chi connectivity index (χ1n) is 12.0. The van der Waals surface area contributed by atoms with Crippen molar-refractivity contribution in [3.8, 4) is 11.4 Å². The number of carbonyl (C=O) groups is 1. The lowest BCUT2D eigenvalue weighted by molar-refractivity contribution is -0.384. The summed E-state index contributed by atoms with van der Waals surface area (Å²) in [5, 5.41) is 22.9. The van der Waals surface area contributed by atoms with E-state index in [1.165, 1.54) is 22.8 Å². The maximum atomic E-state index is 14.6. The van der Waals surface area contributed by atoms with E-state index in [9.17, 15) is 29.2 Å². The van der Waals surface area contributed by atoms with Gasteiger partial charge in [0.25, 0.3) is 11.2 Å². The van der Waals surface area contributed by atoms with Gasteiger partial charge in [-0.2, -0.15) is 0 Å². The van der Waals surface area contributed by atoms with Crippen molar-refractivity contribution in [1.82, 2.24) is 9.55 Å². The molecule has 191 valence electrons. The number of non-ortho nitro benzene ring substituents is 1. The fourth-order valence-electron chi connectivity index (χ4n) is 5.26. The van der Waals surface area contributed by atoms with Gasteiger partial charge in [0.1, 0.15) is 12.4 Å². The van der Waals surface area contributed by atoms with E-state index in [4.69, 9.17) is 9.72 Å². The normalized spacial score (nSPS) is 17.6.